The molecule has 1 aliphatic rings. The summed E-state index contributed by atoms with van der Waals surface area (Å²) >= 11 is 0. The van der Waals surface area contributed by atoms with Crippen LogP contribution in [-0.4, -0.2) is 53.5 Å². The summed E-state index contributed by atoms with van der Waals surface area (Å²) in [6.07, 6.45) is 0.334. The van der Waals surface area contributed by atoms with E-state index in [0.717, 1.165) is 0 Å². The lowest BCUT2D eigenvalue weighted by Gasteiger charge is -2.22. The first kappa shape index (κ1) is 14.5. The number of methoxy groups -OCH3 is 1. The molecule has 20 heavy (non-hydrogen) atoms. The Balaban J connectivity index is 2.30. The Morgan fingerprint density at radius 3 is 2.90 bits per heavy atom. The Hall–Kier alpha value is -1.89. The zero-order valence-electron chi connectivity index (χ0n) is 11.9. The zero-order valence-corrected chi connectivity index (χ0v) is 11.9. The fourth-order valence-electron chi connectivity index (χ4n) is 2.35. The minimum Gasteiger partial charge on any atom is -0.480 e. The van der Waals surface area contributed by atoms with Crippen molar-refractivity contribution in [3.8, 4) is 5.88 Å². The molecular weight excluding hydrogens is 262 g/mol. The Bertz CT molecular complexity index is 495. The summed E-state index contributed by atoms with van der Waals surface area (Å²) in [6.45, 7) is 4.62. The van der Waals surface area contributed by atoms with Crippen molar-refractivity contribution < 1.29 is 19.4 Å². The third-order valence-electron chi connectivity index (χ3n) is 3.27. The second kappa shape index (κ2) is 6.04. The van der Waals surface area contributed by atoms with Crippen molar-refractivity contribution in [2.45, 2.75) is 32.4 Å². The highest BCUT2D eigenvalue weighted by molar-refractivity contribution is 5.78. The van der Waals surface area contributed by atoms with Gasteiger partial charge in [-0.1, -0.05) is 0 Å². The highest BCUT2D eigenvalue weighted by Crippen LogP contribution is 2.27. The van der Waals surface area contributed by atoms with E-state index in [1.165, 1.54) is 0 Å². The highest BCUT2D eigenvalue weighted by Gasteiger charge is 2.38. The van der Waals surface area contributed by atoms with Crippen LogP contribution in [0.4, 0.5) is 5.82 Å². The van der Waals surface area contributed by atoms with Crippen molar-refractivity contribution in [1.29, 1.82) is 0 Å². The molecule has 0 spiro atoms. The number of carboxylic acid groups (broad SMARTS) is 1. The van der Waals surface area contributed by atoms with E-state index in [1.807, 2.05) is 6.92 Å². The molecule has 1 N–H and O–H groups in total. The molecule has 0 amide bonds. The van der Waals surface area contributed by atoms with Gasteiger partial charge in [0.25, 0.3) is 0 Å². The summed E-state index contributed by atoms with van der Waals surface area (Å²) in [4.78, 5) is 21.6. The molecule has 2 unspecified atom stereocenters. The fraction of sp³-hybridized carbons (Fsp3) is 0.615. The molecule has 2 rings (SSSR count). The van der Waals surface area contributed by atoms with Crippen LogP contribution in [0.3, 0.4) is 0 Å². The standard InChI is InChI=1S/C13H19N3O4/c1-4-20-12-6-11(14-8(2)15-12)16-7-9(19-3)5-10(16)13(17)18/h6,9-10H,4-5,7H2,1-3H3,(H,17,18). The highest BCUT2D eigenvalue weighted by atomic mass is 16.5. The molecule has 0 bridgehead atoms. The quantitative estimate of drug-likeness (QED) is 0.856. The van der Waals surface area contributed by atoms with Crippen LogP contribution in [0.1, 0.15) is 19.2 Å². The maximum atomic E-state index is 11.4. The molecule has 1 saturated heterocycles. The van der Waals surface area contributed by atoms with Crippen LogP contribution in [0.5, 0.6) is 5.88 Å². The van der Waals surface area contributed by atoms with Gasteiger partial charge in [0, 0.05) is 26.1 Å². The van der Waals surface area contributed by atoms with Gasteiger partial charge in [-0.15, -0.1) is 0 Å². The number of nitrogens with zero attached hydrogens (tertiary/aromatic N) is 3. The van der Waals surface area contributed by atoms with Crippen molar-refractivity contribution in [3.63, 3.8) is 0 Å². The van der Waals surface area contributed by atoms with Gasteiger partial charge in [-0.2, -0.15) is 4.98 Å². The van der Waals surface area contributed by atoms with E-state index in [0.29, 0.717) is 37.1 Å². The van der Waals surface area contributed by atoms with Crippen LogP contribution < -0.4 is 9.64 Å². The van der Waals surface area contributed by atoms with E-state index in [-0.39, 0.29) is 6.10 Å². The molecule has 110 valence electrons. The molecule has 0 aliphatic carbocycles. The molecule has 7 nitrogen and oxygen atoms in total. The van der Waals surface area contributed by atoms with Crippen LogP contribution in [-0.2, 0) is 9.53 Å². The zero-order chi connectivity index (χ0) is 14.7. The minimum absolute atomic E-state index is 0.109. The Morgan fingerprint density at radius 1 is 1.55 bits per heavy atom. The summed E-state index contributed by atoms with van der Waals surface area (Å²) in [6, 6.07) is 1.04. The number of aryl methyl sites for hydroxylation is 1. The number of aromatic nitrogens is 2. The summed E-state index contributed by atoms with van der Waals surface area (Å²) < 4.78 is 10.7. The van der Waals surface area contributed by atoms with E-state index in [1.54, 1.807) is 25.0 Å². The third kappa shape index (κ3) is 2.98. The molecule has 0 radical (unpaired) electrons. The maximum Gasteiger partial charge on any atom is 0.326 e. The smallest absolute Gasteiger partial charge is 0.326 e. The molecule has 7 heteroatoms. The summed E-state index contributed by atoms with van der Waals surface area (Å²) in [5.41, 5.74) is 0. The van der Waals surface area contributed by atoms with Crippen molar-refractivity contribution in [2.75, 3.05) is 25.2 Å². The largest absolute Gasteiger partial charge is 0.480 e. The van der Waals surface area contributed by atoms with Gasteiger partial charge in [0.05, 0.1) is 12.7 Å². The first-order valence-electron chi connectivity index (χ1n) is 6.55. The molecule has 0 aromatic carbocycles. The third-order valence-corrected chi connectivity index (χ3v) is 3.27. The van der Waals surface area contributed by atoms with E-state index in [4.69, 9.17) is 9.47 Å². The van der Waals surface area contributed by atoms with Crippen molar-refractivity contribution >= 4 is 11.8 Å². The van der Waals surface area contributed by atoms with Crippen molar-refractivity contribution in [2.24, 2.45) is 0 Å². The number of ether oxygens (including phenoxy) is 2. The predicted octanol–water partition coefficient (Wildman–Crippen LogP) is 0.862. The first-order valence-corrected chi connectivity index (χ1v) is 6.55. The first-order chi connectivity index (χ1) is 9.55. The average molecular weight is 281 g/mol. The number of anilines is 1. The Morgan fingerprint density at radius 2 is 2.30 bits per heavy atom. The van der Waals surface area contributed by atoms with Crippen LogP contribution in [0.15, 0.2) is 6.07 Å². The van der Waals surface area contributed by atoms with Crippen LogP contribution in [0.25, 0.3) is 0 Å². The van der Waals surface area contributed by atoms with Gasteiger partial charge in [0.2, 0.25) is 5.88 Å². The number of carbonyl (C=O) groups is 1. The Labute approximate surface area is 117 Å². The van der Waals surface area contributed by atoms with Gasteiger partial charge >= 0.3 is 5.97 Å². The monoisotopic (exact) mass is 281 g/mol. The van der Waals surface area contributed by atoms with E-state index in [2.05, 4.69) is 9.97 Å². The molecular formula is C13H19N3O4. The second-order valence-corrected chi connectivity index (χ2v) is 4.64. The topological polar surface area (TPSA) is 84.8 Å². The molecule has 1 aromatic rings. The van der Waals surface area contributed by atoms with Gasteiger partial charge in [0.15, 0.2) is 0 Å². The summed E-state index contributed by atoms with van der Waals surface area (Å²) in [5, 5.41) is 9.33. The van der Waals surface area contributed by atoms with Gasteiger partial charge < -0.3 is 19.5 Å². The van der Waals surface area contributed by atoms with Gasteiger partial charge in [-0.25, -0.2) is 9.78 Å². The van der Waals surface area contributed by atoms with Crippen LogP contribution >= 0.6 is 0 Å². The molecule has 2 atom stereocenters. The van der Waals surface area contributed by atoms with Gasteiger partial charge in [-0.05, 0) is 13.8 Å². The Kier molecular flexibility index (Phi) is 4.39. The second-order valence-electron chi connectivity index (χ2n) is 4.64. The maximum absolute atomic E-state index is 11.4. The molecule has 0 saturated carbocycles. The molecule has 1 aliphatic heterocycles. The lowest BCUT2D eigenvalue weighted by Crippen LogP contribution is -2.36. The number of hydrogen-bond donors (Lipinski definition) is 1. The van der Waals surface area contributed by atoms with E-state index in [9.17, 15) is 9.90 Å². The van der Waals surface area contributed by atoms with Crippen molar-refractivity contribution in [1.82, 2.24) is 9.97 Å². The molecule has 2 heterocycles. The van der Waals surface area contributed by atoms with Crippen LogP contribution in [0.2, 0.25) is 0 Å². The molecule has 1 aromatic heterocycles. The molecule has 1 fully saturated rings. The van der Waals surface area contributed by atoms with Crippen molar-refractivity contribution in [3.05, 3.63) is 11.9 Å². The van der Waals surface area contributed by atoms with Gasteiger partial charge in [-0.3, -0.25) is 0 Å². The number of hydrogen-bond acceptors (Lipinski definition) is 6. The average Bonchev–Trinajstić information content (AvgIpc) is 2.82. The number of rotatable bonds is 5. The normalized spacial score (nSPS) is 22.1. The number of carboxylic acids is 1. The summed E-state index contributed by atoms with van der Waals surface area (Å²) in [7, 11) is 1.59. The minimum atomic E-state index is -0.876. The predicted molar refractivity (Wildman–Crippen MR) is 72.1 cm³/mol. The summed E-state index contributed by atoms with van der Waals surface area (Å²) in [5.74, 6) is 0.697. The fourth-order valence-corrected chi connectivity index (χ4v) is 2.35. The lowest BCUT2D eigenvalue weighted by atomic mass is 10.2. The van der Waals surface area contributed by atoms with E-state index >= 15 is 0 Å². The lowest BCUT2D eigenvalue weighted by molar-refractivity contribution is -0.138. The van der Waals surface area contributed by atoms with E-state index < -0.39 is 12.0 Å². The van der Waals surface area contributed by atoms with Gasteiger partial charge in [0.1, 0.15) is 17.7 Å². The number of aliphatic carboxylic acids is 1. The van der Waals surface area contributed by atoms with Crippen LogP contribution in [0, 0.1) is 6.92 Å². The SMILES string of the molecule is CCOc1cc(N2CC(OC)CC2C(=O)O)nc(C)n1.